The molecule has 21 heavy (non-hydrogen) atoms. The van der Waals surface area contributed by atoms with E-state index >= 15 is 0 Å². The minimum atomic E-state index is -1.34. The van der Waals surface area contributed by atoms with Gasteiger partial charge in [-0.25, -0.2) is 8.78 Å². The smallest absolute Gasteiger partial charge is 0.228 e. The molecule has 5 nitrogen and oxygen atoms in total. The molecule has 1 aromatic heterocycles. The molecule has 0 fully saturated rings. The first-order valence-corrected chi connectivity index (χ1v) is 7.03. The highest BCUT2D eigenvalue weighted by atomic mass is 79.9. The van der Waals surface area contributed by atoms with Crippen LogP contribution in [0.1, 0.15) is 37.4 Å². The number of nitrogens with two attached hydrogens (primary N) is 1. The lowest BCUT2D eigenvalue weighted by atomic mass is 10.1. The van der Waals surface area contributed by atoms with Crippen LogP contribution in [0.3, 0.4) is 0 Å². The quantitative estimate of drug-likeness (QED) is 0.874. The fourth-order valence-electron chi connectivity index (χ4n) is 1.71. The van der Waals surface area contributed by atoms with Crippen LogP contribution in [0.15, 0.2) is 22.7 Å². The highest BCUT2D eigenvalue weighted by Gasteiger charge is 2.13. The molecule has 112 valence electrons. The molecule has 0 amide bonds. The molecule has 0 saturated heterocycles. The summed E-state index contributed by atoms with van der Waals surface area (Å²) in [6.45, 7) is 3.16. The molecule has 1 aromatic carbocycles. The summed E-state index contributed by atoms with van der Waals surface area (Å²) < 4.78 is 26.9. The topological polar surface area (TPSA) is 76.7 Å². The number of alkyl halides is 1. The number of hydrogen-bond donors (Lipinski definition) is 2. The summed E-state index contributed by atoms with van der Waals surface area (Å²) in [5.74, 6) is -0.254. The molecule has 0 spiro atoms. The van der Waals surface area contributed by atoms with Gasteiger partial charge in [0.2, 0.25) is 11.9 Å². The third-order valence-corrected chi connectivity index (χ3v) is 3.42. The number of benzene rings is 1. The molecule has 0 saturated carbocycles. The monoisotopic (exact) mass is 357 g/mol. The number of halogens is 3. The van der Waals surface area contributed by atoms with Crippen molar-refractivity contribution in [1.82, 2.24) is 15.0 Å². The van der Waals surface area contributed by atoms with E-state index in [1.807, 2.05) is 6.92 Å². The summed E-state index contributed by atoms with van der Waals surface area (Å²) in [4.78, 5) is 11.6. The lowest BCUT2D eigenvalue weighted by Crippen LogP contribution is -2.13. The standard InChI is InChI=1S/C13H14BrF2N5/c1-6(15)11-19-12(17)21-13(20-11)18-7(2)8-3-4-10(16)9(14)5-8/h3-7H,1-2H3,(H3,17,18,19,20,21). The van der Waals surface area contributed by atoms with Crippen molar-refractivity contribution in [3.8, 4) is 0 Å². The van der Waals surface area contributed by atoms with Gasteiger partial charge in [0, 0.05) is 0 Å². The lowest BCUT2D eigenvalue weighted by Gasteiger charge is -2.15. The van der Waals surface area contributed by atoms with Crippen LogP contribution in [0.5, 0.6) is 0 Å². The van der Waals surface area contributed by atoms with Gasteiger partial charge in [-0.3, -0.25) is 0 Å². The maximum Gasteiger partial charge on any atom is 0.228 e. The van der Waals surface area contributed by atoms with Crippen LogP contribution < -0.4 is 11.1 Å². The van der Waals surface area contributed by atoms with Crippen LogP contribution in [0.25, 0.3) is 0 Å². The zero-order chi connectivity index (χ0) is 15.6. The van der Waals surface area contributed by atoms with Gasteiger partial charge in [0.1, 0.15) is 5.82 Å². The van der Waals surface area contributed by atoms with Crippen molar-refractivity contribution in [3.63, 3.8) is 0 Å². The maximum absolute atomic E-state index is 13.3. The Morgan fingerprint density at radius 2 is 1.95 bits per heavy atom. The maximum atomic E-state index is 13.3. The van der Waals surface area contributed by atoms with Gasteiger partial charge in [-0.2, -0.15) is 15.0 Å². The van der Waals surface area contributed by atoms with Crippen LogP contribution in [-0.2, 0) is 0 Å². The highest BCUT2D eigenvalue weighted by Crippen LogP contribution is 2.23. The largest absolute Gasteiger partial charge is 0.368 e. The summed E-state index contributed by atoms with van der Waals surface area (Å²) in [6, 6.07) is 4.43. The Labute approximate surface area is 129 Å². The lowest BCUT2D eigenvalue weighted by molar-refractivity contribution is 0.356. The summed E-state index contributed by atoms with van der Waals surface area (Å²) in [5, 5.41) is 2.99. The van der Waals surface area contributed by atoms with Gasteiger partial charge in [0.05, 0.1) is 10.5 Å². The van der Waals surface area contributed by atoms with Crippen LogP contribution in [-0.4, -0.2) is 15.0 Å². The average molecular weight is 358 g/mol. The first kappa shape index (κ1) is 15.6. The normalized spacial score (nSPS) is 13.8. The number of rotatable bonds is 4. The fourth-order valence-corrected chi connectivity index (χ4v) is 2.11. The second-order valence-electron chi connectivity index (χ2n) is 4.53. The van der Waals surface area contributed by atoms with E-state index in [-0.39, 0.29) is 29.6 Å². The summed E-state index contributed by atoms with van der Waals surface area (Å²) in [5.41, 5.74) is 6.35. The van der Waals surface area contributed by atoms with Crippen LogP contribution in [0, 0.1) is 5.82 Å². The van der Waals surface area contributed by atoms with Gasteiger partial charge in [0.25, 0.3) is 0 Å². The van der Waals surface area contributed by atoms with E-state index < -0.39 is 6.17 Å². The van der Waals surface area contributed by atoms with Crippen molar-refractivity contribution >= 4 is 27.8 Å². The molecular weight excluding hydrogens is 344 g/mol. The van der Waals surface area contributed by atoms with E-state index in [4.69, 9.17) is 5.73 Å². The third-order valence-electron chi connectivity index (χ3n) is 2.82. The molecule has 2 unspecified atom stereocenters. The van der Waals surface area contributed by atoms with Crippen LogP contribution in [0.2, 0.25) is 0 Å². The predicted molar refractivity (Wildman–Crippen MR) is 79.9 cm³/mol. The highest BCUT2D eigenvalue weighted by molar-refractivity contribution is 9.10. The van der Waals surface area contributed by atoms with E-state index in [1.165, 1.54) is 13.0 Å². The molecule has 3 N–H and O–H groups in total. The molecule has 0 aliphatic carbocycles. The van der Waals surface area contributed by atoms with Gasteiger partial charge in [-0.05, 0) is 47.5 Å². The Balaban J connectivity index is 2.22. The van der Waals surface area contributed by atoms with Gasteiger partial charge in [-0.15, -0.1) is 0 Å². The Bertz CT molecular complexity index is 650. The Kier molecular flexibility index (Phi) is 4.66. The molecule has 2 atom stereocenters. The van der Waals surface area contributed by atoms with Crippen molar-refractivity contribution in [3.05, 3.63) is 39.9 Å². The Morgan fingerprint density at radius 3 is 2.57 bits per heavy atom. The third kappa shape index (κ3) is 3.84. The second-order valence-corrected chi connectivity index (χ2v) is 5.39. The molecule has 0 aliphatic heterocycles. The van der Waals surface area contributed by atoms with Crippen molar-refractivity contribution in [2.75, 3.05) is 11.1 Å². The predicted octanol–water partition coefficient (Wildman–Crippen LogP) is 3.56. The SMILES string of the molecule is CC(F)c1nc(N)nc(NC(C)c2ccc(F)c(Br)c2)n1. The average Bonchev–Trinajstić information content (AvgIpc) is 2.41. The van der Waals surface area contributed by atoms with Crippen LogP contribution >= 0.6 is 15.9 Å². The minimum absolute atomic E-state index is 0.0301. The molecule has 2 rings (SSSR count). The van der Waals surface area contributed by atoms with Gasteiger partial charge in [0.15, 0.2) is 12.0 Å². The van der Waals surface area contributed by atoms with E-state index in [0.29, 0.717) is 4.47 Å². The molecular formula is C13H14BrF2N5. The zero-order valence-corrected chi connectivity index (χ0v) is 13.0. The van der Waals surface area contributed by atoms with Gasteiger partial charge in [-0.1, -0.05) is 6.07 Å². The minimum Gasteiger partial charge on any atom is -0.368 e. The molecule has 8 heteroatoms. The van der Waals surface area contributed by atoms with Crippen molar-refractivity contribution in [1.29, 1.82) is 0 Å². The zero-order valence-electron chi connectivity index (χ0n) is 11.4. The van der Waals surface area contributed by atoms with E-state index in [9.17, 15) is 8.78 Å². The Hall–Kier alpha value is -1.83. The van der Waals surface area contributed by atoms with E-state index in [2.05, 4.69) is 36.2 Å². The fraction of sp³-hybridized carbons (Fsp3) is 0.308. The number of nitrogens with one attached hydrogen (secondary N) is 1. The van der Waals surface area contributed by atoms with E-state index in [0.717, 1.165) is 5.56 Å². The van der Waals surface area contributed by atoms with Crippen molar-refractivity contribution in [2.24, 2.45) is 0 Å². The Morgan fingerprint density at radius 1 is 1.24 bits per heavy atom. The van der Waals surface area contributed by atoms with Gasteiger partial charge >= 0.3 is 0 Å². The second kappa shape index (κ2) is 6.30. The summed E-state index contributed by atoms with van der Waals surface area (Å²) in [7, 11) is 0. The van der Waals surface area contributed by atoms with Gasteiger partial charge < -0.3 is 11.1 Å². The number of anilines is 2. The first-order valence-electron chi connectivity index (χ1n) is 6.24. The number of nitrogens with zero attached hydrogens (tertiary/aromatic N) is 3. The molecule has 1 heterocycles. The van der Waals surface area contributed by atoms with E-state index in [1.54, 1.807) is 12.1 Å². The van der Waals surface area contributed by atoms with Crippen molar-refractivity contribution < 1.29 is 8.78 Å². The van der Waals surface area contributed by atoms with Crippen molar-refractivity contribution in [2.45, 2.75) is 26.1 Å². The molecule has 0 bridgehead atoms. The number of nitrogen functional groups attached to an aromatic ring is 1. The molecule has 0 aliphatic rings. The van der Waals surface area contributed by atoms with Crippen LogP contribution in [0.4, 0.5) is 20.7 Å². The molecule has 0 radical (unpaired) electrons. The molecule has 2 aromatic rings. The number of aromatic nitrogens is 3. The summed E-state index contributed by atoms with van der Waals surface area (Å²) >= 11 is 3.13. The first-order chi connectivity index (χ1) is 9.86. The summed E-state index contributed by atoms with van der Waals surface area (Å²) in [6.07, 6.45) is -1.34. The number of hydrogen-bond acceptors (Lipinski definition) is 5.